The summed E-state index contributed by atoms with van der Waals surface area (Å²) in [5.41, 5.74) is 1.29. The van der Waals surface area contributed by atoms with Gasteiger partial charge in [0.25, 0.3) is 0 Å². The van der Waals surface area contributed by atoms with Crippen LogP contribution in [0.15, 0.2) is 17.8 Å². The van der Waals surface area contributed by atoms with Gasteiger partial charge >= 0.3 is 0 Å². The van der Waals surface area contributed by atoms with Crippen molar-refractivity contribution in [1.82, 2.24) is 14.7 Å². The predicted octanol–water partition coefficient (Wildman–Crippen LogP) is 2.65. The van der Waals surface area contributed by atoms with Gasteiger partial charge in [-0.2, -0.15) is 0 Å². The van der Waals surface area contributed by atoms with Crippen molar-refractivity contribution in [3.63, 3.8) is 0 Å². The fourth-order valence-corrected chi connectivity index (χ4v) is 3.63. The average Bonchev–Trinajstić information content (AvgIpc) is 3.06. The minimum atomic E-state index is 0.0598. The first-order valence-electron chi connectivity index (χ1n) is 7.81. The van der Waals surface area contributed by atoms with Gasteiger partial charge in [-0.25, -0.2) is 4.98 Å². The highest BCUT2D eigenvalue weighted by atomic mass is 32.1. The van der Waals surface area contributed by atoms with E-state index in [-0.39, 0.29) is 12.0 Å². The first-order chi connectivity index (χ1) is 10.5. The molecule has 3 rings (SSSR count). The van der Waals surface area contributed by atoms with E-state index >= 15 is 0 Å². The lowest BCUT2D eigenvalue weighted by Crippen LogP contribution is -2.35. The highest BCUT2D eigenvalue weighted by Gasteiger charge is 2.27. The number of hydrogen-bond donors (Lipinski definition) is 1. The smallest absolute Gasteiger partial charge is 0.225 e. The van der Waals surface area contributed by atoms with Gasteiger partial charge in [-0.3, -0.25) is 9.20 Å². The summed E-state index contributed by atoms with van der Waals surface area (Å²) in [4.78, 5) is 17.2. The molecule has 22 heavy (non-hydrogen) atoms. The Labute approximate surface area is 134 Å². The maximum Gasteiger partial charge on any atom is 0.225 e. The molecule has 2 aromatic heterocycles. The molecular weight excluding hydrogens is 298 g/mol. The first kappa shape index (κ1) is 15.5. The van der Waals surface area contributed by atoms with Gasteiger partial charge in [-0.1, -0.05) is 13.8 Å². The van der Waals surface area contributed by atoms with Crippen molar-refractivity contribution in [1.29, 1.82) is 0 Å². The zero-order valence-electron chi connectivity index (χ0n) is 13.2. The molecule has 3 heterocycles. The predicted molar refractivity (Wildman–Crippen MR) is 87.2 cm³/mol. The Morgan fingerprint density at radius 2 is 2.45 bits per heavy atom. The van der Waals surface area contributed by atoms with Crippen molar-refractivity contribution in [2.75, 3.05) is 13.2 Å². The van der Waals surface area contributed by atoms with Crippen LogP contribution in [0.4, 0.5) is 0 Å². The Balaban J connectivity index is 1.41. The molecule has 0 bridgehead atoms. The molecule has 2 aromatic rings. The molecule has 1 aliphatic heterocycles. The van der Waals surface area contributed by atoms with Crippen LogP contribution in [0.2, 0.25) is 0 Å². The zero-order valence-corrected chi connectivity index (χ0v) is 14.0. The number of hydrogen-bond acceptors (Lipinski definition) is 4. The Kier molecular flexibility index (Phi) is 4.49. The number of ether oxygens (including phenoxy) is 1. The number of carbonyl (C=O) groups is 1. The zero-order chi connectivity index (χ0) is 15.6. The molecular formula is C16H23N3O2S. The van der Waals surface area contributed by atoms with Crippen LogP contribution >= 0.6 is 11.3 Å². The summed E-state index contributed by atoms with van der Waals surface area (Å²) < 4.78 is 7.83. The van der Waals surface area contributed by atoms with Crippen LogP contribution in [0.5, 0.6) is 0 Å². The van der Waals surface area contributed by atoms with E-state index in [9.17, 15) is 4.79 Å². The average molecular weight is 321 g/mol. The molecule has 0 aliphatic carbocycles. The molecule has 1 unspecified atom stereocenters. The number of thiazole rings is 1. The summed E-state index contributed by atoms with van der Waals surface area (Å²) in [5, 5.41) is 4.99. The van der Waals surface area contributed by atoms with Gasteiger partial charge in [-0.05, 0) is 24.7 Å². The summed E-state index contributed by atoms with van der Waals surface area (Å²) in [6, 6.07) is 0. The third-order valence-electron chi connectivity index (χ3n) is 4.20. The van der Waals surface area contributed by atoms with Crippen LogP contribution in [-0.4, -0.2) is 34.5 Å². The molecule has 1 atom stereocenters. The fraction of sp³-hybridized carbons (Fsp3) is 0.625. The van der Waals surface area contributed by atoms with Crippen LogP contribution < -0.4 is 5.32 Å². The molecule has 1 amide bonds. The Morgan fingerprint density at radius 3 is 3.23 bits per heavy atom. The van der Waals surface area contributed by atoms with Crippen LogP contribution in [0.3, 0.4) is 0 Å². The van der Waals surface area contributed by atoms with Gasteiger partial charge < -0.3 is 10.1 Å². The summed E-state index contributed by atoms with van der Waals surface area (Å²) in [5.74, 6) is 0.0598. The van der Waals surface area contributed by atoms with Crippen LogP contribution in [0.1, 0.15) is 38.8 Å². The largest absolute Gasteiger partial charge is 0.378 e. The molecule has 0 saturated carbocycles. The van der Waals surface area contributed by atoms with Crippen molar-refractivity contribution >= 4 is 22.2 Å². The highest BCUT2D eigenvalue weighted by molar-refractivity contribution is 7.15. The van der Waals surface area contributed by atoms with Crippen molar-refractivity contribution in [3.8, 4) is 0 Å². The van der Waals surface area contributed by atoms with Crippen molar-refractivity contribution in [3.05, 3.63) is 23.5 Å². The second-order valence-electron chi connectivity index (χ2n) is 6.76. The Hall–Kier alpha value is -1.40. The Bertz CT molecular complexity index is 637. The van der Waals surface area contributed by atoms with E-state index in [0.29, 0.717) is 18.4 Å². The number of rotatable bonds is 5. The van der Waals surface area contributed by atoms with Crippen LogP contribution in [-0.2, 0) is 16.0 Å². The summed E-state index contributed by atoms with van der Waals surface area (Å²) >= 11 is 1.56. The molecule has 0 aromatic carbocycles. The second kappa shape index (κ2) is 6.38. The minimum absolute atomic E-state index is 0.0598. The monoisotopic (exact) mass is 321 g/mol. The SMILES string of the molecule is CC1(C)CCC(CCNC(=O)Cc2csc3nccn23)OC1. The van der Waals surface area contributed by atoms with E-state index in [2.05, 4.69) is 24.1 Å². The van der Waals surface area contributed by atoms with Gasteiger partial charge in [0.15, 0.2) is 4.96 Å². The molecule has 6 heteroatoms. The molecule has 1 fully saturated rings. The summed E-state index contributed by atoms with van der Waals surface area (Å²) in [7, 11) is 0. The lowest BCUT2D eigenvalue weighted by atomic mass is 9.85. The van der Waals surface area contributed by atoms with Crippen molar-refractivity contribution in [2.45, 2.75) is 45.6 Å². The van der Waals surface area contributed by atoms with E-state index < -0.39 is 0 Å². The lowest BCUT2D eigenvalue weighted by Gasteiger charge is -2.34. The molecule has 0 radical (unpaired) electrons. The second-order valence-corrected chi connectivity index (χ2v) is 7.59. The van der Waals surface area contributed by atoms with Gasteiger partial charge in [0, 0.05) is 30.0 Å². The standard InChI is InChI=1S/C16H23N3O2S/c1-16(2)5-3-13(21-11-16)4-6-17-14(20)9-12-10-22-15-18-7-8-19(12)15/h7-8,10,13H,3-6,9,11H2,1-2H3,(H,17,20). The molecule has 0 spiro atoms. The molecule has 120 valence electrons. The van der Waals surface area contributed by atoms with Gasteiger partial charge in [0.05, 0.1) is 19.1 Å². The number of imidazole rings is 1. The number of nitrogens with one attached hydrogen (secondary N) is 1. The molecule has 1 saturated heterocycles. The molecule has 5 nitrogen and oxygen atoms in total. The van der Waals surface area contributed by atoms with Crippen molar-refractivity contribution in [2.24, 2.45) is 5.41 Å². The van der Waals surface area contributed by atoms with Crippen LogP contribution in [0.25, 0.3) is 4.96 Å². The minimum Gasteiger partial charge on any atom is -0.378 e. The summed E-state index contributed by atoms with van der Waals surface area (Å²) in [6.45, 7) is 5.98. The van der Waals surface area contributed by atoms with Gasteiger partial charge in [0.2, 0.25) is 5.91 Å². The normalized spacial score (nSPS) is 21.1. The summed E-state index contributed by atoms with van der Waals surface area (Å²) in [6.07, 6.45) is 7.51. The topological polar surface area (TPSA) is 55.6 Å². The maximum absolute atomic E-state index is 12.0. The van der Waals surface area contributed by atoms with E-state index in [1.807, 2.05) is 16.0 Å². The number of nitrogens with zero attached hydrogens (tertiary/aromatic N) is 2. The fourth-order valence-electron chi connectivity index (χ4n) is 2.78. The van der Waals surface area contributed by atoms with Crippen LogP contribution in [0, 0.1) is 5.41 Å². The first-order valence-corrected chi connectivity index (χ1v) is 8.69. The van der Waals surface area contributed by atoms with Gasteiger partial charge in [0.1, 0.15) is 0 Å². The lowest BCUT2D eigenvalue weighted by molar-refractivity contribution is -0.120. The third-order valence-corrected chi connectivity index (χ3v) is 5.10. The third kappa shape index (κ3) is 3.67. The van der Waals surface area contributed by atoms with E-state index in [1.165, 1.54) is 6.42 Å². The Morgan fingerprint density at radius 1 is 1.59 bits per heavy atom. The maximum atomic E-state index is 12.0. The number of carbonyl (C=O) groups excluding carboxylic acids is 1. The number of fused-ring (bicyclic) bond motifs is 1. The highest BCUT2D eigenvalue weighted by Crippen LogP contribution is 2.30. The van der Waals surface area contributed by atoms with E-state index in [4.69, 9.17) is 4.74 Å². The van der Waals surface area contributed by atoms with E-state index in [0.717, 1.165) is 30.1 Å². The molecule has 1 N–H and O–H groups in total. The van der Waals surface area contributed by atoms with E-state index in [1.54, 1.807) is 17.5 Å². The number of aromatic nitrogens is 2. The molecule has 1 aliphatic rings. The van der Waals surface area contributed by atoms with Crippen molar-refractivity contribution < 1.29 is 9.53 Å². The quantitative estimate of drug-likeness (QED) is 0.921. The number of amides is 1. The van der Waals surface area contributed by atoms with Gasteiger partial charge in [-0.15, -0.1) is 11.3 Å².